The number of hydrogen-bond donors (Lipinski definition) is 0. The number of pyridine rings is 1. The lowest BCUT2D eigenvalue weighted by Gasteiger charge is -2.62. The van der Waals surface area contributed by atoms with Crippen LogP contribution >= 0.6 is 0 Å². The summed E-state index contributed by atoms with van der Waals surface area (Å²) in [5.41, 5.74) is 18.4. The van der Waals surface area contributed by atoms with Gasteiger partial charge in [-0.05, 0) is 189 Å². The minimum absolute atomic E-state index is 0.112. The van der Waals surface area contributed by atoms with Crippen LogP contribution in [0.15, 0.2) is 188 Å². The van der Waals surface area contributed by atoms with Gasteiger partial charge in [0.05, 0.1) is 40.1 Å². The van der Waals surface area contributed by atoms with Crippen LogP contribution in [-0.4, -0.2) is 27.8 Å². The molecule has 0 N–H and O–H groups in total. The molecule has 0 atom stereocenters. The van der Waals surface area contributed by atoms with Gasteiger partial charge in [0, 0.05) is 63.7 Å². The molecular formula is C68H59N5O. The number of aryl methyl sites for hydroxylation is 3. The van der Waals surface area contributed by atoms with Crippen molar-refractivity contribution in [2.24, 2.45) is 23.7 Å². The Balaban J connectivity index is 0.857. The van der Waals surface area contributed by atoms with Gasteiger partial charge in [-0.2, -0.15) is 0 Å². The molecule has 74 heavy (non-hydrogen) atoms. The first-order valence-electron chi connectivity index (χ1n) is 26.8. The van der Waals surface area contributed by atoms with Gasteiger partial charge in [0.2, 0.25) is 0 Å². The quantitative estimate of drug-likeness (QED) is 0.152. The van der Waals surface area contributed by atoms with E-state index in [2.05, 4.69) is 235 Å². The van der Waals surface area contributed by atoms with E-state index in [-0.39, 0.29) is 5.41 Å². The molecule has 11 aromatic rings. The molecule has 4 fully saturated rings. The number of anilines is 3. The lowest BCUT2D eigenvalue weighted by Crippen LogP contribution is -2.56. The highest BCUT2D eigenvalue weighted by Gasteiger charge is 2.58. The van der Waals surface area contributed by atoms with E-state index in [1.807, 2.05) is 0 Å². The normalized spacial score (nSPS) is 20.9. The summed E-state index contributed by atoms with van der Waals surface area (Å²) in [5, 5.41) is 4.97. The van der Waals surface area contributed by atoms with Crippen LogP contribution in [0.2, 0.25) is 0 Å². The smallest absolute Gasteiger partial charge is 0.137 e. The van der Waals surface area contributed by atoms with Gasteiger partial charge in [0.15, 0.2) is 0 Å². The Bertz CT molecular complexity index is 3960. The van der Waals surface area contributed by atoms with Gasteiger partial charge in [-0.25, -0.2) is 4.98 Å². The van der Waals surface area contributed by atoms with Crippen molar-refractivity contribution in [2.75, 3.05) is 23.5 Å². The maximum atomic E-state index is 7.12. The van der Waals surface area contributed by atoms with E-state index in [9.17, 15) is 0 Å². The summed E-state index contributed by atoms with van der Waals surface area (Å²) in [5.74, 6) is 5.36. The number of benzene rings is 8. The van der Waals surface area contributed by atoms with Crippen LogP contribution in [0.3, 0.4) is 0 Å². The second-order valence-electron chi connectivity index (χ2n) is 22.4. The molecule has 1 aliphatic heterocycles. The fourth-order valence-electron chi connectivity index (χ4n) is 15.5. The third-order valence-corrected chi connectivity index (χ3v) is 18.0. The molecule has 16 rings (SSSR count). The van der Waals surface area contributed by atoms with Crippen LogP contribution in [0.25, 0.3) is 66.2 Å². The third kappa shape index (κ3) is 6.52. The van der Waals surface area contributed by atoms with Gasteiger partial charge in [0.1, 0.15) is 17.3 Å². The summed E-state index contributed by atoms with van der Waals surface area (Å²) in [6.45, 7) is 7.39. The Morgan fingerprint density at radius 2 is 1.08 bits per heavy atom. The van der Waals surface area contributed by atoms with E-state index in [4.69, 9.17) is 9.72 Å². The second kappa shape index (κ2) is 16.5. The standard InChI is InChI=1S/C68H59N5O/c1-42-29-43(2)67(44(3)30-42)47-36-53(71-41-70(4)63-19-11-12-20-64(63)71)39-55(37-47)74-54-25-26-59-58-15-7-10-18-62(58)73(65(59)40-54)66-38-49(27-28-69-66)68(50-32-45-31-46(34-50)35-51(68)33-45)48-21-23-52(24-22-48)72-60-16-8-5-13-56(60)57-14-6-9-17-61(57)72/h5-30,36-40,45-46,50-51H,31-35,41H2,1-4H3. The Morgan fingerprint density at radius 3 is 1.74 bits per heavy atom. The summed E-state index contributed by atoms with van der Waals surface area (Å²) >= 11 is 0. The lowest BCUT2D eigenvalue weighted by molar-refractivity contribution is -0.0418. The molecule has 4 saturated carbocycles. The average molecular weight is 962 g/mol. The Labute approximate surface area is 433 Å². The van der Waals surface area contributed by atoms with E-state index >= 15 is 0 Å². The van der Waals surface area contributed by atoms with Crippen LogP contribution in [0, 0.1) is 44.4 Å². The largest absolute Gasteiger partial charge is 0.457 e. The Kier molecular flexibility index (Phi) is 9.67. The molecule has 0 saturated heterocycles. The zero-order valence-corrected chi connectivity index (χ0v) is 42.6. The maximum absolute atomic E-state index is 7.12. The monoisotopic (exact) mass is 961 g/mol. The molecular weight excluding hydrogens is 903 g/mol. The molecule has 4 heterocycles. The van der Waals surface area contributed by atoms with Crippen LogP contribution in [0.1, 0.15) is 59.9 Å². The van der Waals surface area contributed by atoms with E-state index in [0.29, 0.717) is 11.8 Å². The predicted octanol–water partition coefficient (Wildman–Crippen LogP) is 16.9. The van der Waals surface area contributed by atoms with Gasteiger partial charge in [-0.1, -0.05) is 96.6 Å². The van der Waals surface area contributed by atoms with Crippen molar-refractivity contribution in [1.29, 1.82) is 0 Å². The highest BCUT2D eigenvalue weighted by molar-refractivity contribution is 6.10. The zero-order chi connectivity index (χ0) is 49.4. The van der Waals surface area contributed by atoms with Crippen molar-refractivity contribution in [1.82, 2.24) is 14.1 Å². The fourth-order valence-corrected chi connectivity index (χ4v) is 15.5. The molecule has 0 amide bonds. The summed E-state index contributed by atoms with van der Waals surface area (Å²) in [6.07, 6.45) is 8.68. The summed E-state index contributed by atoms with van der Waals surface area (Å²) < 4.78 is 12.0. The topological polar surface area (TPSA) is 38.5 Å². The Morgan fingerprint density at radius 1 is 0.486 bits per heavy atom. The molecule has 0 spiro atoms. The highest BCUT2D eigenvalue weighted by Crippen LogP contribution is 2.65. The molecule has 8 aromatic carbocycles. The number of aromatic nitrogens is 3. The number of fused-ring (bicyclic) bond motifs is 7. The van der Waals surface area contributed by atoms with E-state index in [0.717, 1.165) is 58.1 Å². The number of para-hydroxylation sites is 5. The fraction of sp³-hybridized carbons (Fsp3) is 0.221. The molecule has 6 heteroatoms. The maximum Gasteiger partial charge on any atom is 0.137 e. The van der Waals surface area contributed by atoms with Gasteiger partial charge in [-0.3, -0.25) is 4.57 Å². The number of ether oxygens (including phenoxy) is 1. The Hall–Kier alpha value is -8.09. The lowest BCUT2D eigenvalue weighted by atomic mass is 9.42. The van der Waals surface area contributed by atoms with Crippen molar-refractivity contribution in [3.05, 3.63) is 216 Å². The summed E-state index contributed by atoms with van der Waals surface area (Å²) in [6, 6.07) is 67.8. The van der Waals surface area contributed by atoms with Crippen molar-refractivity contribution < 1.29 is 4.74 Å². The molecule has 6 nitrogen and oxygen atoms in total. The first-order valence-corrected chi connectivity index (χ1v) is 26.8. The highest BCUT2D eigenvalue weighted by atomic mass is 16.5. The van der Waals surface area contributed by atoms with Crippen LogP contribution in [-0.2, 0) is 5.41 Å². The summed E-state index contributed by atoms with van der Waals surface area (Å²) in [7, 11) is 2.17. The van der Waals surface area contributed by atoms with Crippen LogP contribution in [0.4, 0.5) is 17.1 Å². The zero-order valence-electron chi connectivity index (χ0n) is 42.6. The SMILES string of the molecule is Cc1cc(C)c(-c2cc(Oc3ccc4c5ccccc5n(-c5cc(C6(c7ccc(-n8c9ccccc9c9ccccc98)cc7)C7CC8CC(C7)CC6C8)ccn5)c4c3)cc(N3CN(C)c4ccccc43)c2)c(C)c1. The number of nitrogens with zero attached hydrogens (tertiary/aromatic N) is 5. The predicted molar refractivity (Wildman–Crippen MR) is 305 cm³/mol. The number of rotatable bonds is 8. The first-order chi connectivity index (χ1) is 36.3. The van der Waals surface area contributed by atoms with Gasteiger partial charge >= 0.3 is 0 Å². The van der Waals surface area contributed by atoms with Gasteiger partial charge < -0.3 is 19.1 Å². The summed E-state index contributed by atoms with van der Waals surface area (Å²) in [4.78, 5) is 10.0. The molecule has 0 radical (unpaired) electrons. The second-order valence-corrected chi connectivity index (χ2v) is 22.4. The minimum Gasteiger partial charge on any atom is -0.457 e. The van der Waals surface area contributed by atoms with E-state index in [1.54, 1.807) is 0 Å². The molecule has 4 bridgehead atoms. The molecule has 0 unspecified atom stereocenters. The van der Waals surface area contributed by atoms with Crippen molar-refractivity contribution >= 4 is 60.7 Å². The van der Waals surface area contributed by atoms with Crippen LogP contribution in [0.5, 0.6) is 11.5 Å². The first kappa shape index (κ1) is 43.5. The third-order valence-electron chi connectivity index (χ3n) is 18.0. The van der Waals surface area contributed by atoms with Crippen molar-refractivity contribution in [3.8, 4) is 34.1 Å². The minimum atomic E-state index is -0.112. The number of hydrogen-bond acceptors (Lipinski definition) is 4. The molecule has 5 aliphatic rings. The van der Waals surface area contributed by atoms with E-state index in [1.165, 1.54) is 115 Å². The average Bonchev–Trinajstić information content (AvgIpc) is 4.12. The van der Waals surface area contributed by atoms with Crippen LogP contribution < -0.4 is 14.5 Å². The molecule has 4 aliphatic carbocycles. The van der Waals surface area contributed by atoms with Crippen molar-refractivity contribution in [3.63, 3.8) is 0 Å². The molecule has 362 valence electrons. The van der Waals surface area contributed by atoms with E-state index < -0.39 is 0 Å². The van der Waals surface area contributed by atoms with Gasteiger partial charge in [-0.15, -0.1) is 0 Å². The molecule has 3 aromatic heterocycles. The van der Waals surface area contributed by atoms with Gasteiger partial charge in [0.25, 0.3) is 0 Å². The van der Waals surface area contributed by atoms with Crippen molar-refractivity contribution in [2.45, 2.75) is 58.3 Å².